The van der Waals surface area contributed by atoms with Crippen LogP contribution in [-0.4, -0.2) is 32.3 Å². The normalized spacial score (nSPS) is 12.3. The van der Waals surface area contributed by atoms with Crippen LogP contribution in [0, 0.1) is 6.92 Å². The van der Waals surface area contributed by atoms with Crippen LogP contribution in [0.4, 0.5) is 18.9 Å². The van der Waals surface area contributed by atoms with Gasteiger partial charge in [-0.2, -0.15) is 13.2 Å². The molecule has 0 unspecified atom stereocenters. The van der Waals surface area contributed by atoms with Crippen LogP contribution in [0.3, 0.4) is 0 Å². The largest absolute Gasteiger partial charge is 0.416 e. The first-order valence-electron chi connectivity index (χ1n) is 10.6. The first kappa shape index (κ1) is 26.6. The van der Waals surface area contributed by atoms with Gasteiger partial charge in [-0.15, -0.1) is 10.2 Å². The zero-order valence-corrected chi connectivity index (χ0v) is 20.7. The van der Waals surface area contributed by atoms with E-state index in [9.17, 15) is 22.8 Å². The van der Waals surface area contributed by atoms with Gasteiger partial charge in [-0.1, -0.05) is 41.1 Å². The molecule has 2 amide bonds. The summed E-state index contributed by atoms with van der Waals surface area (Å²) in [5.41, 5.74) is 0.518. The lowest BCUT2D eigenvalue weighted by atomic mass is 10.1. The molecule has 0 spiro atoms. The Labute approximate surface area is 209 Å². The number of hydrogen-bond donors (Lipinski definition) is 2. The van der Waals surface area contributed by atoms with Crippen molar-refractivity contribution in [2.45, 2.75) is 44.7 Å². The number of aryl methyl sites for hydroxylation is 1. The van der Waals surface area contributed by atoms with Crippen LogP contribution in [0.15, 0.2) is 47.6 Å². The zero-order valence-electron chi connectivity index (χ0n) is 19.1. The smallest absolute Gasteiger partial charge is 0.342 e. The molecule has 0 radical (unpaired) electrons. The molecule has 2 N–H and O–H groups in total. The summed E-state index contributed by atoms with van der Waals surface area (Å²) in [7, 11) is 0. The first-order valence-corrected chi connectivity index (χ1v) is 12.0. The van der Waals surface area contributed by atoms with Gasteiger partial charge in [0.05, 0.1) is 28.1 Å². The molecular formula is C23H23ClF3N5O2S. The van der Waals surface area contributed by atoms with E-state index >= 15 is 0 Å². The summed E-state index contributed by atoms with van der Waals surface area (Å²) < 4.78 is 40.6. The van der Waals surface area contributed by atoms with E-state index in [1.54, 1.807) is 23.6 Å². The summed E-state index contributed by atoms with van der Waals surface area (Å²) in [5.74, 6) is -0.426. The number of benzene rings is 2. The maximum atomic E-state index is 12.9. The van der Waals surface area contributed by atoms with Gasteiger partial charge >= 0.3 is 6.18 Å². The van der Waals surface area contributed by atoms with Crippen LogP contribution in [0.1, 0.15) is 47.2 Å². The predicted molar refractivity (Wildman–Crippen MR) is 129 cm³/mol. The Hall–Kier alpha value is -3.05. The fraction of sp³-hybridized carbons (Fsp3) is 0.304. The highest BCUT2D eigenvalue weighted by Gasteiger charge is 2.31. The fourth-order valence-corrected chi connectivity index (χ4v) is 4.16. The van der Waals surface area contributed by atoms with Crippen LogP contribution in [0.25, 0.3) is 0 Å². The van der Waals surface area contributed by atoms with Crippen molar-refractivity contribution in [3.05, 3.63) is 70.0 Å². The van der Waals surface area contributed by atoms with E-state index in [-0.39, 0.29) is 22.4 Å². The summed E-state index contributed by atoms with van der Waals surface area (Å²) in [5, 5.41) is 14.0. The Bertz CT molecular complexity index is 1210. The zero-order chi connectivity index (χ0) is 25.8. The third-order valence-electron chi connectivity index (χ3n) is 5.01. The third kappa shape index (κ3) is 6.76. The van der Waals surface area contributed by atoms with Gasteiger partial charge < -0.3 is 15.2 Å². The number of alkyl halides is 3. The highest BCUT2D eigenvalue weighted by molar-refractivity contribution is 7.99. The number of nitrogens with one attached hydrogen (secondary N) is 2. The van der Waals surface area contributed by atoms with Crippen molar-refractivity contribution in [2.75, 3.05) is 11.1 Å². The number of rotatable bonds is 8. The highest BCUT2D eigenvalue weighted by atomic mass is 35.5. The van der Waals surface area contributed by atoms with Gasteiger partial charge in [0, 0.05) is 12.1 Å². The van der Waals surface area contributed by atoms with Gasteiger partial charge in [0.25, 0.3) is 5.91 Å². The Morgan fingerprint density at radius 3 is 2.46 bits per heavy atom. The molecule has 7 nitrogen and oxygen atoms in total. The predicted octanol–water partition coefficient (Wildman–Crippen LogP) is 5.50. The fourth-order valence-electron chi connectivity index (χ4n) is 3.19. The lowest BCUT2D eigenvalue weighted by Crippen LogP contribution is -2.28. The first-order chi connectivity index (χ1) is 16.5. The van der Waals surface area contributed by atoms with E-state index in [0.717, 1.165) is 35.5 Å². The quantitative estimate of drug-likeness (QED) is 0.379. The summed E-state index contributed by atoms with van der Waals surface area (Å²) in [4.78, 5) is 24.9. The van der Waals surface area contributed by atoms with Crippen molar-refractivity contribution < 1.29 is 22.8 Å². The molecular weight excluding hydrogens is 503 g/mol. The van der Waals surface area contributed by atoms with Crippen molar-refractivity contribution in [1.29, 1.82) is 0 Å². The maximum Gasteiger partial charge on any atom is 0.416 e. The van der Waals surface area contributed by atoms with Crippen molar-refractivity contribution in [1.82, 2.24) is 20.1 Å². The SMILES string of the molecule is CCn1c(SCC(=O)Nc2cc(C(F)(F)F)ccc2Cl)nnc1[C@@H](C)NC(=O)c1ccc(C)cc1. The Balaban J connectivity index is 1.65. The molecule has 3 aromatic rings. The van der Waals surface area contributed by atoms with Crippen molar-refractivity contribution in [2.24, 2.45) is 0 Å². The number of nitrogens with zero attached hydrogens (tertiary/aromatic N) is 3. The molecule has 0 bridgehead atoms. The molecule has 0 aliphatic carbocycles. The van der Waals surface area contributed by atoms with E-state index in [1.807, 2.05) is 26.0 Å². The molecule has 12 heteroatoms. The topological polar surface area (TPSA) is 88.9 Å². The summed E-state index contributed by atoms with van der Waals surface area (Å²) in [6, 6.07) is 9.42. The van der Waals surface area contributed by atoms with E-state index in [2.05, 4.69) is 20.8 Å². The second-order valence-corrected chi connectivity index (χ2v) is 9.03. The molecule has 2 aromatic carbocycles. The van der Waals surface area contributed by atoms with Crippen LogP contribution < -0.4 is 10.6 Å². The molecule has 1 heterocycles. The molecule has 35 heavy (non-hydrogen) atoms. The number of carbonyl (C=O) groups excluding carboxylic acids is 2. The van der Waals surface area contributed by atoms with Crippen LogP contribution in [-0.2, 0) is 17.5 Å². The Morgan fingerprint density at radius 2 is 1.83 bits per heavy atom. The second-order valence-electron chi connectivity index (χ2n) is 7.68. The maximum absolute atomic E-state index is 12.9. The van der Waals surface area contributed by atoms with Gasteiger partial charge in [0.15, 0.2) is 11.0 Å². The van der Waals surface area contributed by atoms with Crippen LogP contribution >= 0.6 is 23.4 Å². The van der Waals surface area contributed by atoms with Gasteiger partial charge in [-0.05, 0) is 51.1 Å². The molecule has 0 fully saturated rings. The number of halogens is 4. The number of hydrogen-bond acceptors (Lipinski definition) is 5. The van der Waals surface area contributed by atoms with Gasteiger partial charge in [-0.3, -0.25) is 9.59 Å². The molecule has 0 saturated heterocycles. The van der Waals surface area contributed by atoms with E-state index < -0.39 is 23.7 Å². The summed E-state index contributed by atoms with van der Waals surface area (Å²) >= 11 is 7.01. The number of amides is 2. The summed E-state index contributed by atoms with van der Waals surface area (Å²) in [6.45, 7) is 6.06. The van der Waals surface area contributed by atoms with E-state index in [1.165, 1.54) is 0 Å². The molecule has 186 valence electrons. The average molecular weight is 526 g/mol. The number of anilines is 1. The van der Waals surface area contributed by atoms with E-state index in [4.69, 9.17) is 11.6 Å². The molecule has 3 rings (SSSR count). The number of carbonyl (C=O) groups is 2. The van der Waals surface area contributed by atoms with Crippen LogP contribution in [0.5, 0.6) is 0 Å². The minimum absolute atomic E-state index is 0.00601. The molecule has 0 saturated carbocycles. The monoisotopic (exact) mass is 525 g/mol. The van der Waals surface area contributed by atoms with Crippen LogP contribution in [0.2, 0.25) is 5.02 Å². The summed E-state index contributed by atoms with van der Waals surface area (Å²) in [6.07, 6.45) is -4.56. The number of thioether (sulfide) groups is 1. The molecule has 1 atom stereocenters. The second kappa shape index (κ2) is 11.1. The van der Waals surface area contributed by atoms with E-state index in [0.29, 0.717) is 23.1 Å². The lowest BCUT2D eigenvalue weighted by molar-refractivity contribution is -0.137. The standard InChI is InChI=1S/C23H23ClF3N5O2S/c1-4-32-20(14(3)28-21(34)15-7-5-13(2)6-8-15)30-31-22(32)35-12-19(33)29-18-11-16(23(25,26)27)9-10-17(18)24/h5-11,14H,4,12H2,1-3H3,(H,28,34)(H,29,33)/t14-/m1/s1. The average Bonchev–Trinajstić information content (AvgIpc) is 3.22. The van der Waals surface area contributed by atoms with Gasteiger partial charge in [0.2, 0.25) is 5.91 Å². The van der Waals surface area contributed by atoms with Gasteiger partial charge in [0.1, 0.15) is 0 Å². The molecule has 0 aliphatic rings. The Kier molecular flexibility index (Phi) is 8.44. The minimum Gasteiger partial charge on any atom is -0.342 e. The highest BCUT2D eigenvalue weighted by Crippen LogP contribution is 2.34. The van der Waals surface area contributed by atoms with Crippen molar-refractivity contribution >= 4 is 40.9 Å². The molecule has 1 aromatic heterocycles. The third-order valence-corrected chi connectivity index (χ3v) is 6.31. The lowest BCUT2D eigenvalue weighted by Gasteiger charge is -2.15. The van der Waals surface area contributed by atoms with Gasteiger partial charge in [-0.25, -0.2) is 0 Å². The Morgan fingerprint density at radius 1 is 1.14 bits per heavy atom. The van der Waals surface area contributed by atoms with Crippen molar-refractivity contribution in [3.8, 4) is 0 Å². The van der Waals surface area contributed by atoms with Crippen molar-refractivity contribution in [3.63, 3.8) is 0 Å². The number of aromatic nitrogens is 3. The minimum atomic E-state index is -4.56. The molecule has 0 aliphatic heterocycles.